The maximum atomic E-state index is 12.2. The lowest BCUT2D eigenvalue weighted by Crippen LogP contribution is -2.05. The highest BCUT2D eigenvalue weighted by Crippen LogP contribution is 2.37. The Morgan fingerprint density at radius 2 is 1.91 bits per heavy atom. The number of nitrogens with one attached hydrogen (secondary N) is 1. The molecule has 3 rings (SSSR count). The molecule has 0 saturated heterocycles. The van der Waals surface area contributed by atoms with E-state index in [0.717, 1.165) is 26.6 Å². The molecule has 23 heavy (non-hydrogen) atoms. The third kappa shape index (κ3) is 3.38. The minimum absolute atomic E-state index is 0.0933. The molecule has 0 fully saturated rings. The third-order valence-corrected chi connectivity index (χ3v) is 5.34. The van der Waals surface area contributed by atoms with Crippen LogP contribution in [0.5, 0.6) is 0 Å². The van der Waals surface area contributed by atoms with Crippen molar-refractivity contribution in [1.82, 2.24) is 0 Å². The van der Waals surface area contributed by atoms with Crippen molar-refractivity contribution in [2.24, 2.45) is 0 Å². The normalized spacial score (nSPS) is 15.1. The van der Waals surface area contributed by atoms with Gasteiger partial charge in [0.05, 0.1) is 0 Å². The van der Waals surface area contributed by atoms with Gasteiger partial charge in [0, 0.05) is 40.8 Å². The highest BCUT2D eigenvalue weighted by Gasteiger charge is 2.24. The molecule has 118 valence electrons. The number of carbonyl (C=O) groups is 1. The molecule has 1 amide bonds. The fourth-order valence-electron chi connectivity index (χ4n) is 2.48. The lowest BCUT2D eigenvalue weighted by atomic mass is 10.0. The van der Waals surface area contributed by atoms with Crippen LogP contribution < -0.4 is 10.6 Å². The van der Waals surface area contributed by atoms with Gasteiger partial charge in [-0.15, -0.1) is 0 Å². The van der Waals surface area contributed by atoms with Gasteiger partial charge in [-0.1, -0.05) is 28.1 Å². The fraction of sp³-hybridized carbons (Fsp3) is 0.118. The smallest absolute Gasteiger partial charge is 0.256 e. The van der Waals surface area contributed by atoms with E-state index in [1.54, 1.807) is 14.2 Å². The maximum Gasteiger partial charge on any atom is 0.256 e. The Labute approximate surface area is 144 Å². The first-order valence-corrected chi connectivity index (χ1v) is 8.91. The summed E-state index contributed by atoms with van der Waals surface area (Å²) in [5.74, 6) is -0.0933. The molecule has 6 heteroatoms. The molecule has 0 aliphatic carbocycles. The number of hydrogen-bond donors (Lipinski definition) is 1. The van der Waals surface area contributed by atoms with Crippen LogP contribution in [0.25, 0.3) is 11.6 Å². The minimum Gasteiger partial charge on any atom is -0.334 e. The second kappa shape index (κ2) is 6.93. The van der Waals surface area contributed by atoms with Gasteiger partial charge in [-0.25, -0.2) is 0 Å². The van der Waals surface area contributed by atoms with Crippen molar-refractivity contribution in [1.29, 1.82) is 0 Å². The number of benzene rings is 2. The average Bonchev–Trinajstić information content (AvgIpc) is 2.85. The van der Waals surface area contributed by atoms with E-state index in [-0.39, 0.29) is 5.91 Å². The Bertz CT molecular complexity index is 787. The summed E-state index contributed by atoms with van der Waals surface area (Å²) in [6.07, 6.45) is 1.88. The van der Waals surface area contributed by atoms with Gasteiger partial charge < -0.3 is 14.4 Å². The first kappa shape index (κ1) is 16.3. The second-order valence-corrected chi connectivity index (χ2v) is 7.60. The fourth-order valence-corrected chi connectivity index (χ4v) is 3.88. The van der Waals surface area contributed by atoms with E-state index in [0.29, 0.717) is 5.57 Å². The molecule has 0 bridgehead atoms. The number of halogens is 1. The zero-order chi connectivity index (χ0) is 16.4. The zero-order valence-electron chi connectivity index (χ0n) is 12.7. The number of rotatable bonds is 4. The highest BCUT2D eigenvalue weighted by atomic mass is 79.9. The van der Waals surface area contributed by atoms with Crippen LogP contribution in [-0.2, 0) is 13.8 Å². The number of fused-ring (bicyclic) bond motifs is 1. The number of hydrogen-bond acceptors (Lipinski definition) is 3. The average molecular weight is 392 g/mol. The van der Waals surface area contributed by atoms with Crippen LogP contribution in [-0.4, -0.2) is 20.1 Å². The summed E-state index contributed by atoms with van der Waals surface area (Å²) >= 11 is 3.45. The van der Waals surface area contributed by atoms with E-state index in [9.17, 15) is 4.79 Å². The molecule has 0 atom stereocenters. The zero-order valence-corrected chi connectivity index (χ0v) is 15.1. The van der Waals surface area contributed by atoms with Gasteiger partial charge in [-0.2, -0.15) is 0 Å². The van der Waals surface area contributed by atoms with Crippen molar-refractivity contribution < 1.29 is 13.8 Å². The quantitative estimate of drug-likeness (QED) is 0.628. The number of anilines is 1. The van der Waals surface area contributed by atoms with Gasteiger partial charge in [0.1, 0.15) is 0 Å². The topological polar surface area (TPSA) is 47.6 Å². The summed E-state index contributed by atoms with van der Waals surface area (Å²) in [4.78, 5) is 12.2. The molecule has 1 N–H and O–H groups in total. The molecule has 0 saturated carbocycles. The molecule has 1 aliphatic rings. The Hall–Kier alpha value is -1.52. The minimum atomic E-state index is -1.09. The highest BCUT2D eigenvalue weighted by molar-refractivity contribution is 9.10. The number of amides is 1. The summed E-state index contributed by atoms with van der Waals surface area (Å²) in [5.41, 5.74) is 3.31. The maximum absolute atomic E-state index is 12.2. The standard InChI is InChI=1S/C17H15BrNO3P/c1-21-23(22-2)13-5-3-4-11(8-13)9-15-14-10-12(18)6-7-16(14)19-17(15)20/h3-10H,1-2H3,(H,19,20)/b15-9-. The van der Waals surface area contributed by atoms with Gasteiger partial charge in [0.25, 0.3) is 5.91 Å². The van der Waals surface area contributed by atoms with Crippen molar-refractivity contribution in [3.8, 4) is 0 Å². The van der Waals surface area contributed by atoms with Crippen LogP contribution in [0.15, 0.2) is 46.9 Å². The van der Waals surface area contributed by atoms with Gasteiger partial charge in [0.2, 0.25) is 8.38 Å². The van der Waals surface area contributed by atoms with E-state index in [1.807, 2.05) is 48.5 Å². The van der Waals surface area contributed by atoms with Gasteiger partial charge in [0.15, 0.2) is 0 Å². The predicted molar refractivity (Wildman–Crippen MR) is 97.7 cm³/mol. The predicted octanol–water partition coefficient (Wildman–Crippen LogP) is 4.17. The lowest BCUT2D eigenvalue weighted by Gasteiger charge is -2.12. The lowest BCUT2D eigenvalue weighted by molar-refractivity contribution is -0.110. The van der Waals surface area contributed by atoms with Gasteiger partial charge in [-0.3, -0.25) is 4.79 Å². The molecular weight excluding hydrogens is 377 g/mol. The van der Waals surface area contributed by atoms with Crippen LogP contribution in [0.1, 0.15) is 11.1 Å². The first-order valence-electron chi connectivity index (χ1n) is 6.94. The van der Waals surface area contributed by atoms with Gasteiger partial charge in [-0.05, 0) is 42.0 Å². The molecule has 0 unspecified atom stereocenters. The Kier molecular flexibility index (Phi) is 4.93. The molecule has 2 aromatic carbocycles. The first-order chi connectivity index (χ1) is 11.1. The largest absolute Gasteiger partial charge is 0.334 e. The third-order valence-electron chi connectivity index (χ3n) is 3.49. The van der Waals surface area contributed by atoms with Crippen LogP contribution in [0.3, 0.4) is 0 Å². The SMILES string of the molecule is COP(OC)c1cccc(/C=C2\C(=O)Nc3ccc(Br)cc32)c1. The van der Waals surface area contributed by atoms with Crippen LogP contribution in [0.2, 0.25) is 0 Å². The summed E-state index contributed by atoms with van der Waals surface area (Å²) in [7, 11) is 2.16. The van der Waals surface area contributed by atoms with E-state index in [1.165, 1.54) is 0 Å². The van der Waals surface area contributed by atoms with Gasteiger partial charge >= 0.3 is 0 Å². The Balaban J connectivity index is 2.01. The van der Waals surface area contributed by atoms with Crippen molar-refractivity contribution in [2.75, 3.05) is 19.5 Å². The Morgan fingerprint density at radius 1 is 1.13 bits per heavy atom. The van der Waals surface area contributed by atoms with E-state index in [4.69, 9.17) is 9.05 Å². The molecule has 1 heterocycles. The van der Waals surface area contributed by atoms with Crippen molar-refractivity contribution in [3.05, 3.63) is 58.1 Å². The molecule has 2 aromatic rings. The van der Waals surface area contributed by atoms with E-state index >= 15 is 0 Å². The van der Waals surface area contributed by atoms with Crippen molar-refractivity contribution in [2.45, 2.75) is 0 Å². The summed E-state index contributed by atoms with van der Waals surface area (Å²) in [6.45, 7) is 0. The monoisotopic (exact) mass is 391 g/mol. The summed E-state index contributed by atoms with van der Waals surface area (Å²) in [5, 5.41) is 3.85. The second-order valence-electron chi connectivity index (χ2n) is 4.92. The van der Waals surface area contributed by atoms with Crippen molar-refractivity contribution >= 4 is 52.9 Å². The summed E-state index contributed by atoms with van der Waals surface area (Å²) < 4.78 is 11.6. The van der Waals surface area contributed by atoms with Crippen LogP contribution in [0, 0.1) is 0 Å². The number of carbonyl (C=O) groups excluding carboxylic acids is 1. The molecule has 4 nitrogen and oxygen atoms in total. The molecule has 1 aliphatic heterocycles. The Morgan fingerprint density at radius 3 is 2.65 bits per heavy atom. The van der Waals surface area contributed by atoms with E-state index < -0.39 is 8.38 Å². The van der Waals surface area contributed by atoms with Crippen molar-refractivity contribution in [3.63, 3.8) is 0 Å². The summed E-state index contributed by atoms with van der Waals surface area (Å²) in [6, 6.07) is 13.6. The molecular formula is C17H15BrNO3P. The molecule has 0 radical (unpaired) electrons. The van der Waals surface area contributed by atoms with E-state index in [2.05, 4.69) is 21.2 Å². The van der Waals surface area contributed by atoms with Crippen LogP contribution >= 0.6 is 24.3 Å². The molecule has 0 spiro atoms. The van der Waals surface area contributed by atoms with Crippen LogP contribution in [0.4, 0.5) is 5.69 Å². The molecule has 0 aromatic heterocycles.